The summed E-state index contributed by atoms with van der Waals surface area (Å²) in [4.78, 5) is 21.1. The Labute approximate surface area is 142 Å². The molecule has 0 aliphatic carbocycles. The molecular weight excluding hydrogens is 306 g/mol. The molecule has 2 N–H and O–H groups in total. The lowest BCUT2D eigenvalue weighted by Crippen LogP contribution is -2.49. The highest BCUT2D eigenvalue weighted by Gasteiger charge is 2.23. The summed E-state index contributed by atoms with van der Waals surface area (Å²) in [5.74, 6) is 0.125. The van der Waals surface area contributed by atoms with Crippen molar-refractivity contribution in [3.63, 3.8) is 0 Å². The standard InChI is InChI=1S/C17H25N5O2/c1-24-15(11-18)10-17(23)21-8-6-20(7-9-21)12-14-13-22-5-3-2-4-16(22)19-14/h2-5,13,15H,6-12,18H2,1H3. The summed E-state index contributed by atoms with van der Waals surface area (Å²) in [5, 5.41) is 0. The van der Waals surface area contributed by atoms with Crippen molar-refractivity contribution in [2.45, 2.75) is 19.1 Å². The maximum Gasteiger partial charge on any atom is 0.225 e. The van der Waals surface area contributed by atoms with E-state index in [9.17, 15) is 4.79 Å². The fraction of sp³-hybridized carbons (Fsp3) is 0.529. The third-order valence-electron chi connectivity index (χ3n) is 4.52. The summed E-state index contributed by atoms with van der Waals surface area (Å²) < 4.78 is 7.23. The van der Waals surface area contributed by atoms with Gasteiger partial charge >= 0.3 is 0 Å². The van der Waals surface area contributed by atoms with Gasteiger partial charge in [0.1, 0.15) is 5.65 Å². The Kier molecular flexibility index (Phi) is 5.44. The number of hydrogen-bond acceptors (Lipinski definition) is 5. The SMILES string of the molecule is COC(CN)CC(=O)N1CCN(Cc2cn3ccccc3n2)CC1. The van der Waals surface area contributed by atoms with Crippen LogP contribution in [0.1, 0.15) is 12.1 Å². The van der Waals surface area contributed by atoms with Crippen LogP contribution in [-0.4, -0.2) is 71.0 Å². The van der Waals surface area contributed by atoms with E-state index in [-0.39, 0.29) is 12.0 Å². The van der Waals surface area contributed by atoms with Crippen molar-refractivity contribution in [3.05, 3.63) is 36.3 Å². The van der Waals surface area contributed by atoms with Gasteiger partial charge in [-0.2, -0.15) is 0 Å². The van der Waals surface area contributed by atoms with Gasteiger partial charge in [0, 0.05) is 58.8 Å². The average molecular weight is 331 g/mol. The number of methoxy groups -OCH3 is 1. The van der Waals surface area contributed by atoms with Crippen molar-refractivity contribution in [1.29, 1.82) is 0 Å². The van der Waals surface area contributed by atoms with Crippen molar-refractivity contribution in [2.24, 2.45) is 5.73 Å². The van der Waals surface area contributed by atoms with Crippen LogP contribution in [0.2, 0.25) is 0 Å². The fourth-order valence-corrected chi connectivity index (χ4v) is 3.03. The number of imidazole rings is 1. The number of aromatic nitrogens is 2. The monoisotopic (exact) mass is 331 g/mol. The first kappa shape index (κ1) is 16.9. The molecule has 24 heavy (non-hydrogen) atoms. The van der Waals surface area contributed by atoms with Crippen molar-refractivity contribution < 1.29 is 9.53 Å². The summed E-state index contributed by atoms with van der Waals surface area (Å²) >= 11 is 0. The summed E-state index contributed by atoms with van der Waals surface area (Å²) in [7, 11) is 1.59. The molecule has 1 atom stereocenters. The van der Waals surface area contributed by atoms with Gasteiger partial charge in [-0.05, 0) is 12.1 Å². The first-order valence-electron chi connectivity index (χ1n) is 8.35. The lowest BCUT2D eigenvalue weighted by atomic mass is 10.2. The summed E-state index contributed by atoms with van der Waals surface area (Å²) in [6, 6.07) is 5.99. The van der Waals surface area contributed by atoms with Gasteiger partial charge < -0.3 is 19.8 Å². The van der Waals surface area contributed by atoms with E-state index >= 15 is 0 Å². The number of nitrogens with zero attached hydrogens (tertiary/aromatic N) is 4. The molecule has 3 heterocycles. The van der Waals surface area contributed by atoms with Crippen LogP contribution in [0, 0.1) is 0 Å². The molecule has 1 amide bonds. The van der Waals surface area contributed by atoms with Crippen LogP contribution in [0.15, 0.2) is 30.6 Å². The molecule has 2 aromatic heterocycles. The summed E-state index contributed by atoms with van der Waals surface area (Å²) in [5.41, 5.74) is 7.61. The predicted molar refractivity (Wildman–Crippen MR) is 91.5 cm³/mol. The molecule has 0 saturated carbocycles. The number of amides is 1. The lowest BCUT2D eigenvalue weighted by Gasteiger charge is -2.34. The van der Waals surface area contributed by atoms with Crippen molar-refractivity contribution >= 4 is 11.6 Å². The highest BCUT2D eigenvalue weighted by Crippen LogP contribution is 2.11. The van der Waals surface area contributed by atoms with Gasteiger partial charge in [0.25, 0.3) is 0 Å². The van der Waals surface area contributed by atoms with Crippen molar-refractivity contribution in [1.82, 2.24) is 19.2 Å². The predicted octanol–water partition coefficient (Wildman–Crippen LogP) is 0.342. The van der Waals surface area contributed by atoms with E-state index in [4.69, 9.17) is 10.5 Å². The Hall–Kier alpha value is -1.96. The van der Waals surface area contributed by atoms with Crippen molar-refractivity contribution in [3.8, 4) is 0 Å². The molecule has 1 aliphatic heterocycles. The van der Waals surface area contributed by atoms with E-state index in [1.165, 1.54) is 0 Å². The molecule has 0 aromatic carbocycles. The second-order valence-electron chi connectivity index (χ2n) is 6.15. The Balaban J connectivity index is 1.50. The van der Waals surface area contributed by atoms with Crippen LogP contribution >= 0.6 is 0 Å². The average Bonchev–Trinajstić information content (AvgIpc) is 3.02. The largest absolute Gasteiger partial charge is 0.380 e. The number of nitrogens with two attached hydrogens (primary N) is 1. The van der Waals surface area contributed by atoms with Crippen LogP contribution in [0.5, 0.6) is 0 Å². The maximum absolute atomic E-state index is 12.3. The van der Waals surface area contributed by atoms with Gasteiger partial charge in [0.2, 0.25) is 5.91 Å². The smallest absolute Gasteiger partial charge is 0.225 e. The molecule has 1 saturated heterocycles. The fourth-order valence-electron chi connectivity index (χ4n) is 3.03. The molecule has 1 aliphatic rings. The first-order chi connectivity index (χ1) is 11.7. The number of piperazine rings is 1. The Morgan fingerprint density at radius 1 is 1.33 bits per heavy atom. The molecule has 7 heteroatoms. The van der Waals surface area contributed by atoms with Crippen LogP contribution < -0.4 is 5.73 Å². The van der Waals surface area contributed by atoms with Gasteiger partial charge in [-0.1, -0.05) is 6.07 Å². The number of carbonyl (C=O) groups is 1. The van der Waals surface area contributed by atoms with E-state index in [1.807, 2.05) is 33.7 Å². The van der Waals surface area contributed by atoms with E-state index in [0.29, 0.717) is 13.0 Å². The zero-order valence-electron chi connectivity index (χ0n) is 14.1. The van der Waals surface area contributed by atoms with E-state index in [0.717, 1.165) is 44.1 Å². The highest BCUT2D eigenvalue weighted by atomic mass is 16.5. The van der Waals surface area contributed by atoms with Crippen LogP contribution in [0.25, 0.3) is 5.65 Å². The number of carbonyl (C=O) groups excluding carboxylic acids is 1. The third-order valence-corrected chi connectivity index (χ3v) is 4.52. The Bertz CT molecular complexity index is 641. The molecule has 1 unspecified atom stereocenters. The normalized spacial score (nSPS) is 17.3. The first-order valence-corrected chi connectivity index (χ1v) is 8.35. The molecule has 1 fully saturated rings. The Morgan fingerprint density at radius 2 is 2.12 bits per heavy atom. The maximum atomic E-state index is 12.3. The molecule has 0 radical (unpaired) electrons. The second kappa shape index (κ2) is 7.74. The molecule has 0 bridgehead atoms. The zero-order valence-corrected chi connectivity index (χ0v) is 14.1. The molecular formula is C17H25N5O2. The summed E-state index contributed by atoms with van der Waals surface area (Å²) in [6.07, 6.45) is 4.25. The highest BCUT2D eigenvalue weighted by molar-refractivity contribution is 5.76. The molecule has 130 valence electrons. The van der Waals surface area contributed by atoms with Gasteiger partial charge in [-0.3, -0.25) is 9.69 Å². The zero-order chi connectivity index (χ0) is 16.9. The van der Waals surface area contributed by atoms with Crippen molar-refractivity contribution in [2.75, 3.05) is 39.8 Å². The number of rotatable bonds is 6. The molecule has 0 spiro atoms. The third kappa shape index (κ3) is 3.92. The Morgan fingerprint density at radius 3 is 2.79 bits per heavy atom. The number of fused-ring (bicyclic) bond motifs is 1. The van der Waals surface area contributed by atoms with E-state index < -0.39 is 0 Å². The minimum absolute atomic E-state index is 0.125. The van der Waals surface area contributed by atoms with Crippen LogP contribution in [0.3, 0.4) is 0 Å². The topological polar surface area (TPSA) is 76.1 Å². The van der Waals surface area contributed by atoms with Crippen LogP contribution in [-0.2, 0) is 16.1 Å². The minimum Gasteiger partial charge on any atom is -0.380 e. The number of hydrogen-bond donors (Lipinski definition) is 1. The van der Waals surface area contributed by atoms with Gasteiger partial charge in [0.15, 0.2) is 0 Å². The van der Waals surface area contributed by atoms with Crippen LogP contribution in [0.4, 0.5) is 0 Å². The van der Waals surface area contributed by atoms with Gasteiger partial charge in [-0.25, -0.2) is 4.98 Å². The molecule has 7 nitrogen and oxygen atoms in total. The van der Waals surface area contributed by atoms with Gasteiger partial charge in [0.05, 0.1) is 18.2 Å². The van der Waals surface area contributed by atoms with E-state index in [2.05, 4.69) is 16.1 Å². The van der Waals surface area contributed by atoms with E-state index in [1.54, 1.807) is 7.11 Å². The quantitative estimate of drug-likeness (QED) is 0.826. The van der Waals surface area contributed by atoms with Gasteiger partial charge in [-0.15, -0.1) is 0 Å². The number of ether oxygens (including phenoxy) is 1. The summed E-state index contributed by atoms with van der Waals surface area (Å²) in [6.45, 7) is 4.39. The second-order valence-corrected chi connectivity index (χ2v) is 6.15. The molecule has 3 rings (SSSR count). The number of pyridine rings is 1. The minimum atomic E-state index is -0.187. The lowest BCUT2D eigenvalue weighted by molar-refractivity contribution is -0.135. The molecule has 2 aromatic rings.